The van der Waals surface area contributed by atoms with Crippen LogP contribution in [0.5, 0.6) is 0 Å². The molecule has 0 saturated heterocycles. The molecule has 0 atom stereocenters. The van der Waals surface area contributed by atoms with Crippen LogP contribution in [-0.4, -0.2) is 42.2 Å². The van der Waals surface area contributed by atoms with Gasteiger partial charge < -0.3 is 15.2 Å². The number of halogens is 3. The minimum atomic E-state index is -4.37. The monoisotopic (exact) mass is 323 g/mol. The molecule has 0 radical (unpaired) electrons. The molecule has 0 aliphatic heterocycles. The summed E-state index contributed by atoms with van der Waals surface area (Å²) in [5.41, 5.74) is -4.16. The summed E-state index contributed by atoms with van der Waals surface area (Å²) in [6.45, 7) is -0.329. The number of carboxylic acids is 1. The molecule has 1 aromatic carbocycles. The van der Waals surface area contributed by atoms with Crippen LogP contribution in [0.3, 0.4) is 0 Å². The highest BCUT2D eigenvalue weighted by molar-refractivity contribution is 8.00. The van der Waals surface area contributed by atoms with Gasteiger partial charge in [-0.3, -0.25) is 4.79 Å². The Morgan fingerprint density at radius 2 is 1.86 bits per heavy atom. The fourth-order valence-corrected chi connectivity index (χ4v) is 1.85. The van der Waals surface area contributed by atoms with E-state index in [0.29, 0.717) is 0 Å². The van der Waals surface area contributed by atoms with Crippen molar-refractivity contribution in [3.05, 3.63) is 29.8 Å². The Morgan fingerprint density at radius 1 is 1.24 bits per heavy atom. The summed E-state index contributed by atoms with van der Waals surface area (Å²) in [6.07, 6.45) is 0. The molecule has 0 heterocycles. The van der Waals surface area contributed by atoms with Gasteiger partial charge in [0.1, 0.15) is 6.61 Å². The van der Waals surface area contributed by atoms with Gasteiger partial charge in [0, 0.05) is 17.0 Å². The lowest BCUT2D eigenvalue weighted by Crippen LogP contribution is -2.27. The Hall–Kier alpha value is -1.74. The van der Waals surface area contributed by atoms with E-state index in [2.05, 4.69) is 5.32 Å². The summed E-state index contributed by atoms with van der Waals surface area (Å²) in [5.74, 6) is -1.59. The molecule has 0 aliphatic rings. The van der Waals surface area contributed by atoms with Crippen molar-refractivity contribution in [3.8, 4) is 0 Å². The largest absolute Gasteiger partial charge is 0.480 e. The highest BCUT2D eigenvalue weighted by atomic mass is 32.2. The van der Waals surface area contributed by atoms with Gasteiger partial charge in [0.05, 0.1) is 6.61 Å². The van der Waals surface area contributed by atoms with Gasteiger partial charge in [-0.25, -0.2) is 4.79 Å². The van der Waals surface area contributed by atoms with Crippen LogP contribution < -0.4 is 5.32 Å². The van der Waals surface area contributed by atoms with Crippen molar-refractivity contribution in [1.82, 2.24) is 5.32 Å². The third-order valence-corrected chi connectivity index (χ3v) is 2.85. The molecular weight excluding hydrogens is 311 g/mol. The van der Waals surface area contributed by atoms with E-state index in [4.69, 9.17) is 9.84 Å². The van der Waals surface area contributed by atoms with E-state index >= 15 is 0 Å². The second-order valence-electron chi connectivity index (χ2n) is 3.77. The first-order valence-corrected chi connectivity index (χ1v) is 6.53. The number of amides is 1. The number of carbonyl (C=O) groups excluding carboxylic acids is 1. The molecule has 0 spiro atoms. The van der Waals surface area contributed by atoms with Crippen molar-refractivity contribution in [3.63, 3.8) is 0 Å². The number of nitrogens with one attached hydrogen (secondary N) is 1. The average molecular weight is 323 g/mol. The highest BCUT2D eigenvalue weighted by Gasteiger charge is 2.29. The number of thioether (sulfide) groups is 1. The molecule has 0 aliphatic carbocycles. The Kier molecular flexibility index (Phi) is 6.50. The van der Waals surface area contributed by atoms with E-state index in [1.165, 1.54) is 24.3 Å². The second-order valence-corrected chi connectivity index (χ2v) is 4.91. The smallest absolute Gasteiger partial charge is 0.446 e. The van der Waals surface area contributed by atoms with Crippen LogP contribution in [0.1, 0.15) is 10.4 Å². The average Bonchev–Trinajstić information content (AvgIpc) is 2.36. The first-order chi connectivity index (χ1) is 9.78. The maximum atomic E-state index is 12.1. The van der Waals surface area contributed by atoms with Gasteiger partial charge in [-0.15, -0.1) is 0 Å². The third kappa shape index (κ3) is 7.57. The molecule has 1 aromatic rings. The molecule has 5 nitrogen and oxygen atoms in total. The van der Waals surface area contributed by atoms with Crippen LogP contribution in [0.4, 0.5) is 13.2 Å². The number of hydrogen-bond donors (Lipinski definition) is 2. The summed E-state index contributed by atoms with van der Waals surface area (Å²) in [7, 11) is 0. The third-order valence-electron chi connectivity index (χ3n) is 2.11. The van der Waals surface area contributed by atoms with Gasteiger partial charge >= 0.3 is 11.5 Å². The summed E-state index contributed by atoms with van der Waals surface area (Å²) < 4.78 is 41.1. The summed E-state index contributed by atoms with van der Waals surface area (Å²) in [4.78, 5) is 21.8. The predicted molar refractivity (Wildman–Crippen MR) is 69.1 cm³/mol. The van der Waals surface area contributed by atoms with E-state index in [9.17, 15) is 22.8 Å². The molecule has 0 fully saturated rings. The molecule has 9 heteroatoms. The number of carboxylic acid groups (broad SMARTS) is 1. The van der Waals surface area contributed by atoms with Crippen LogP contribution in [0.15, 0.2) is 29.2 Å². The quantitative estimate of drug-likeness (QED) is 0.594. The van der Waals surface area contributed by atoms with Crippen molar-refractivity contribution < 1.29 is 32.6 Å². The van der Waals surface area contributed by atoms with Gasteiger partial charge in [-0.2, -0.15) is 13.2 Å². The van der Waals surface area contributed by atoms with E-state index in [1.54, 1.807) is 0 Å². The lowest BCUT2D eigenvalue weighted by molar-refractivity contribution is -0.142. The number of carbonyl (C=O) groups is 2. The standard InChI is InChI=1S/C12H12F3NO4S/c13-12(14,15)21-9-3-1-8(2-4-9)11(19)16-5-6-20-7-10(17)18/h1-4H,5-7H2,(H,16,19)(H,17,18). The molecule has 0 aromatic heterocycles. The van der Waals surface area contributed by atoms with Crippen molar-refractivity contribution in [2.24, 2.45) is 0 Å². The van der Waals surface area contributed by atoms with Crippen LogP contribution >= 0.6 is 11.8 Å². The zero-order valence-electron chi connectivity index (χ0n) is 10.6. The maximum absolute atomic E-state index is 12.1. The normalized spacial score (nSPS) is 11.2. The molecule has 0 bridgehead atoms. The van der Waals surface area contributed by atoms with Gasteiger partial charge in [0.15, 0.2) is 0 Å². The Bertz CT molecular complexity index is 490. The molecule has 1 rings (SSSR count). The van der Waals surface area contributed by atoms with Crippen molar-refractivity contribution in [2.45, 2.75) is 10.4 Å². The van der Waals surface area contributed by atoms with Gasteiger partial charge in [0.25, 0.3) is 5.91 Å². The molecule has 116 valence electrons. The fourth-order valence-electron chi connectivity index (χ4n) is 1.31. The van der Waals surface area contributed by atoms with Gasteiger partial charge in [-0.05, 0) is 36.0 Å². The Morgan fingerprint density at radius 3 is 2.38 bits per heavy atom. The Balaban J connectivity index is 2.39. The summed E-state index contributed by atoms with van der Waals surface area (Å²) in [5, 5.41) is 10.8. The van der Waals surface area contributed by atoms with E-state index < -0.39 is 24.0 Å². The van der Waals surface area contributed by atoms with Crippen LogP contribution in [0, 0.1) is 0 Å². The lowest BCUT2D eigenvalue weighted by Gasteiger charge is -2.07. The van der Waals surface area contributed by atoms with Crippen LogP contribution in [-0.2, 0) is 9.53 Å². The first-order valence-electron chi connectivity index (χ1n) is 5.71. The predicted octanol–water partition coefficient (Wildman–Crippen LogP) is 2.13. The van der Waals surface area contributed by atoms with E-state index in [1.807, 2.05) is 0 Å². The van der Waals surface area contributed by atoms with Crippen LogP contribution in [0.2, 0.25) is 0 Å². The number of ether oxygens (including phenoxy) is 1. The molecule has 2 N–H and O–H groups in total. The van der Waals surface area contributed by atoms with Gasteiger partial charge in [0.2, 0.25) is 0 Å². The van der Waals surface area contributed by atoms with E-state index in [0.717, 1.165) is 0 Å². The van der Waals surface area contributed by atoms with Gasteiger partial charge in [-0.1, -0.05) is 0 Å². The zero-order valence-corrected chi connectivity index (χ0v) is 11.5. The second kappa shape index (κ2) is 7.89. The van der Waals surface area contributed by atoms with Crippen molar-refractivity contribution >= 4 is 23.6 Å². The molecule has 21 heavy (non-hydrogen) atoms. The topological polar surface area (TPSA) is 75.6 Å². The van der Waals surface area contributed by atoms with E-state index in [-0.39, 0.29) is 35.4 Å². The number of alkyl halides is 3. The summed E-state index contributed by atoms with van der Waals surface area (Å²) >= 11 is -0.259. The zero-order chi connectivity index (χ0) is 15.9. The number of hydrogen-bond acceptors (Lipinski definition) is 4. The Labute approximate surface area is 122 Å². The van der Waals surface area contributed by atoms with Crippen LogP contribution in [0.25, 0.3) is 0 Å². The summed E-state index contributed by atoms with van der Waals surface area (Å²) in [6, 6.07) is 4.96. The molecular formula is C12H12F3NO4S. The first kappa shape index (κ1) is 17.3. The molecule has 0 unspecified atom stereocenters. The minimum absolute atomic E-state index is 0.0103. The lowest BCUT2D eigenvalue weighted by atomic mass is 10.2. The minimum Gasteiger partial charge on any atom is -0.480 e. The SMILES string of the molecule is O=C(O)COCCNC(=O)c1ccc(SC(F)(F)F)cc1. The number of aliphatic carboxylic acids is 1. The van der Waals surface area contributed by atoms with Crippen molar-refractivity contribution in [2.75, 3.05) is 19.8 Å². The van der Waals surface area contributed by atoms with Crippen molar-refractivity contribution in [1.29, 1.82) is 0 Å². The number of benzene rings is 1. The number of rotatable bonds is 7. The fraction of sp³-hybridized carbons (Fsp3) is 0.333. The molecule has 1 amide bonds. The molecule has 0 saturated carbocycles. The highest BCUT2D eigenvalue weighted by Crippen LogP contribution is 2.36. The maximum Gasteiger partial charge on any atom is 0.446 e.